The number of halogens is 4. The third-order valence-electron chi connectivity index (χ3n) is 5.23. The minimum atomic E-state index is -4.61. The molecular formula is C22H22F4N2O2. The van der Waals surface area contributed by atoms with Crippen LogP contribution in [-0.4, -0.2) is 29.0 Å². The van der Waals surface area contributed by atoms with Crippen LogP contribution in [0.3, 0.4) is 0 Å². The smallest absolute Gasteiger partial charge is 0.431 e. The number of hydrogen-bond acceptors (Lipinski definition) is 3. The zero-order chi connectivity index (χ0) is 21.9. The van der Waals surface area contributed by atoms with Crippen LogP contribution >= 0.6 is 0 Å². The Labute approximate surface area is 171 Å². The van der Waals surface area contributed by atoms with E-state index in [1.165, 1.54) is 19.1 Å². The van der Waals surface area contributed by atoms with E-state index >= 15 is 0 Å². The molecule has 0 aliphatic carbocycles. The first-order chi connectivity index (χ1) is 14.1. The van der Waals surface area contributed by atoms with E-state index in [4.69, 9.17) is 5.11 Å². The molecule has 0 amide bonds. The molecule has 4 nitrogen and oxygen atoms in total. The van der Waals surface area contributed by atoms with Crippen molar-refractivity contribution in [2.24, 2.45) is 11.0 Å². The van der Waals surface area contributed by atoms with Gasteiger partial charge in [-0.2, -0.15) is 18.3 Å². The number of carbonyl (C=O) groups is 1. The SMILES string of the molecule is C[C@@H]1C(C(F)(F)F)=NN(c2ccc(CCCc3cccc(F)c3)cc2)[C@H]1CC(=O)O. The van der Waals surface area contributed by atoms with Crippen molar-refractivity contribution in [3.63, 3.8) is 0 Å². The van der Waals surface area contributed by atoms with Crippen LogP contribution in [0.4, 0.5) is 23.2 Å². The molecule has 0 unspecified atom stereocenters. The van der Waals surface area contributed by atoms with Gasteiger partial charge in [-0.15, -0.1) is 0 Å². The van der Waals surface area contributed by atoms with Crippen LogP contribution in [0.25, 0.3) is 0 Å². The van der Waals surface area contributed by atoms with E-state index in [1.54, 1.807) is 30.3 Å². The van der Waals surface area contributed by atoms with Gasteiger partial charge in [0.05, 0.1) is 18.2 Å². The lowest BCUT2D eigenvalue weighted by Gasteiger charge is -2.25. The van der Waals surface area contributed by atoms with Gasteiger partial charge in [-0.3, -0.25) is 9.80 Å². The summed E-state index contributed by atoms with van der Waals surface area (Å²) in [5.41, 5.74) is 1.34. The summed E-state index contributed by atoms with van der Waals surface area (Å²) in [6.45, 7) is 1.35. The van der Waals surface area contributed by atoms with E-state index < -0.39 is 36.2 Å². The highest BCUT2D eigenvalue weighted by Gasteiger charge is 2.48. The molecule has 0 fully saturated rings. The fraction of sp³-hybridized carbons (Fsp3) is 0.364. The number of aliphatic carboxylic acids is 1. The van der Waals surface area contributed by atoms with Crippen LogP contribution in [-0.2, 0) is 17.6 Å². The Morgan fingerprint density at radius 1 is 1.10 bits per heavy atom. The normalized spacial score (nSPS) is 19.1. The van der Waals surface area contributed by atoms with Gasteiger partial charge in [0.2, 0.25) is 0 Å². The lowest BCUT2D eigenvalue weighted by molar-refractivity contribution is -0.137. The highest BCUT2D eigenvalue weighted by atomic mass is 19.4. The predicted octanol–water partition coefficient (Wildman–Crippen LogP) is 5.22. The van der Waals surface area contributed by atoms with Crippen LogP contribution in [0.2, 0.25) is 0 Å². The Morgan fingerprint density at radius 3 is 2.37 bits per heavy atom. The second kappa shape index (κ2) is 8.85. The number of alkyl halides is 3. The molecule has 0 saturated carbocycles. The van der Waals surface area contributed by atoms with Gasteiger partial charge < -0.3 is 5.11 Å². The minimum absolute atomic E-state index is 0.272. The van der Waals surface area contributed by atoms with Gasteiger partial charge in [0.15, 0.2) is 0 Å². The molecule has 8 heteroatoms. The fourth-order valence-electron chi connectivity index (χ4n) is 3.69. The molecule has 0 saturated heterocycles. The molecule has 0 aromatic heterocycles. The van der Waals surface area contributed by atoms with Crippen LogP contribution in [0, 0.1) is 11.7 Å². The van der Waals surface area contributed by atoms with Gasteiger partial charge in [0.1, 0.15) is 11.5 Å². The van der Waals surface area contributed by atoms with Crippen molar-refractivity contribution in [1.29, 1.82) is 0 Å². The molecule has 1 aliphatic heterocycles. The van der Waals surface area contributed by atoms with Gasteiger partial charge in [-0.05, 0) is 54.7 Å². The van der Waals surface area contributed by atoms with Crippen molar-refractivity contribution in [1.82, 2.24) is 0 Å². The lowest BCUT2D eigenvalue weighted by atomic mass is 9.94. The summed E-state index contributed by atoms with van der Waals surface area (Å²) in [4.78, 5) is 11.2. The first-order valence-electron chi connectivity index (χ1n) is 9.65. The topological polar surface area (TPSA) is 52.9 Å². The lowest BCUT2D eigenvalue weighted by Crippen LogP contribution is -2.36. The first kappa shape index (κ1) is 21.8. The number of carboxylic acid groups (broad SMARTS) is 1. The Hall–Kier alpha value is -2.90. The zero-order valence-corrected chi connectivity index (χ0v) is 16.4. The van der Waals surface area contributed by atoms with Crippen molar-refractivity contribution in [2.45, 2.75) is 44.8 Å². The number of nitrogens with zero attached hydrogens (tertiary/aromatic N) is 2. The molecular weight excluding hydrogens is 400 g/mol. The molecule has 0 bridgehead atoms. The number of hydrazone groups is 1. The van der Waals surface area contributed by atoms with Crippen molar-refractivity contribution in [3.05, 3.63) is 65.5 Å². The molecule has 0 spiro atoms. The van der Waals surface area contributed by atoms with Crippen LogP contribution < -0.4 is 5.01 Å². The van der Waals surface area contributed by atoms with Gasteiger partial charge in [0, 0.05) is 5.92 Å². The first-order valence-corrected chi connectivity index (χ1v) is 9.65. The van der Waals surface area contributed by atoms with Gasteiger partial charge in [0.25, 0.3) is 0 Å². The summed E-state index contributed by atoms with van der Waals surface area (Å²) in [5.74, 6) is -2.50. The third kappa shape index (κ3) is 5.17. The van der Waals surface area contributed by atoms with Crippen LogP contribution in [0.1, 0.15) is 30.9 Å². The van der Waals surface area contributed by atoms with Crippen molar-refractivity contribution in [3.8, 4) is 0 Å². The number of rotatable bonds is 7. The van der Waals surface area contributed by atoms with E-state index in [0.717, 1.165) is 29.0 Å². The van der Waals surface area contributed by atoms with Gasteiger partial charge in [-0.25, -0.2) is 4.39 Å². The number of benzene rings is 2. The monoisotopic (exact) mass is 422 g/mol. The molecule has 1 aliphatic rings. The van der Waals surface area contributed by atoms with Gasteiger partial charge >= 0.3 is 12.1 Å². The second-order valence-corrected chi connectivity index (χ2v) is 7.43. The molecule has 1 heterocycles. The van der Waals surface area contributed by atoms with Crippen molar-refractivity contribution in [2.75, 3.05) is 5.01 Å². The molecule has 2 atom stereocenters. The number of hydrogen-bond donors (Lipinski definition) is 1. The maximum absolute atomic E-state index is 13.3. The molecule has 3 rings (SSSR count). The number of aryl methyl sites for hydroxylation is 2. The second-order valence-electron chi connectivity index (χ2n) is 7.43. The van der Waals surface area contributed by atoms with E-state index in [1.807, 2.05) is 6.07 Å². The minimum Gasteiger partial charge on any atom is -0.481 e. The Balaban J connectivity index is 1.70. The Bertz CT molecular complexity index is 925. The van der Waals surface area contributed by atoms with Gasteiger partial charge in [-0.1, -0.05) is 31.2 Å². The average Bonchev–Trinajstić information content (AvgIpc) is 2.99. The molecule has 2 aromatic rings. The highest BCUT2D eigenvalue weighted by molar-refractivity contribution is 5.95. The molecule has 1 N–H and O–H groups in total. The summed E-state index contributed by atoms with van der Waals surface area (Å²) in [5, 5.41) is 14.0. The Kier molecular flexibility index (Phi) is 6.43. The maximum atomic E-state index is 13.3. The van der Waals surface area contributed by atoms with Crippen molar-refractivity contribution < 1.29 is 27.5 Å². The summed E-state index contributed by atoms with van der Waals surface area (Å²) in [7, 11) is 0. The van der Waals surface area contributed by atoms with E-state index in [0.29, 0.717) is 12.1 Å². The Morgan fingerprint density at radius 2 is 1.77 bits per heavy atom. The molecule has 160 valence electrons. The fourth-order valence-corrected chi connectivity index (χ4v) is 3.69. The number of anilines is 1. The molecule has 0 radical (unpaired) electrons. The van der Waals surface area contributed by atoms with E-state index in [9.17, 15) is 22.4 Å². The number of carboxylic acids is 1. The van der Waals surface area contributed by atoms with E-state index in [2.05, 4.69) is 5.10 Å². The average molecular weight is 422 g/mol. The summed E-state index contributed by atoms with van der Waals surface area (Å²) in [6.07, 6.45) is -2.82. The molecule has 30 heavy (non-hydrogen) atoms. The predicted molar refractivity (Wildman–Crippen MR) is 106 cm³/mol. The highest BCUT2D eigenvalue weighted by Crippen LogP contribution is 2.36. The largest absolute Gasteiger partial charge is 0.481 e. The quantitative estimate of drug-likeness (QED) is 0.623. The molecule has 2 aromatic carbocycles. The summed E-state index contributed by atoms with van der Waals surface area (Å²) in [6, 6.07) is 12.4. The zero-order valence-electron chi connectivity index (χ0n) is 16.4. The third-order valence-corrected chi connectivity index (χ3v) is 5.23. The summed E-state index contributed by atoms with van der Waals surface area (Å²) >= 11 is 0. The standard InChI is InChI=1S/C22H22F4N2O2/c1-14-19(13-20(29)30)28(27-21(14)22(24,25)26)18-10-8-15(9-11-18)4-2-5-16-6-3-7-17(23)12-16/h3,6-12,14,19H,2,4-5,13H2,1H3,(H,29,30)/t14-,19-/m0/s1. The maximum Gasteiger partial charge on any atom is 0.431 e. The van der Waals surface area contributed by atoms with E-state index in [-0.39, 0.29) is 5.82 Å². The van der Waals surface area contributed by atoms with Crippen molar-refractivity contribution >= 4 is 17.4 Å². The van der Waals surface area contributed by atoms with Crippen LogP contribution in [0.15, 0.2) is 53.6 Å². The summed E-state index contributed by atoms with van der Waals surface area (Å²) < 4.78 is 53.0. The van der Waals surface area contributed by atoms with Crippen LogP contribution in [0.5, 0.6) is 0 Å².